The van der Waals surface area contributed by atoms with Gasteiger partial charge in [0.2, 0.25) is 0 Å². The minimum atomic E-state index is -1.59. The molecule has 3 aromatic rings. The van der Waals surface area contributed by atoms with Crippen LogP contribution in [0, 0.1) is 10.8 Å². The highest BCUT2D eigenvalue weighted by molar-refractivity contribution is 9.10. The molecular weight excluding hydrogens is 570 g/mol. The molecule has 1 spiro atoms. The maximum Gasteiger partial charge on any atom is 0.180 e. The Bertz CT molecular complexity index is 1580. The summed E-state index contributed by atoms with van der Waals surface area (Å²) in [6, 6.07) is 16.7. The quantitative estimate of drug-likeness (QED) is 0.318. The molecule has 0 saturated carbocycles. The molecule has 1 aliphatic carbocycles. The summed E-state index contributed by atoms with van der Waals surface area (Å²) in [7, 11) is 3.12. The Morgan fingerprint density at radius 3 is 2.20 bits per heavy atom. The van der Waals surface area contributed by atoms with Crippen molar-refractivity contribution in [3.63, 3.8) is 0 Å². The number of ether oxygens (including phenoxy) is 2. The number of anilines is 1. The van der Waals surface area contributed by atoms with Crippen LogP contribution in [-0.2, 0) is 4.79 Å². The van der Waals surface area contributed by atoms with E-state index in [0.29, 0.717) is 28.2 Å². The molecule has 3 aromatic carbocycles. The molecule has 0 unspecified atom stereocenters. The lowest BCUT2D eigenvalue weighted by atomic mass is 9.63. The number of benzene rings is 3. The number of ketones is 3. The van der Waals surface area contributed by atoms with Crippen LogP contribution in [0.1, 0.15) is 58.5 Å². The molecule has 0 amide bonds. The van der Waals surface area contributed by atoms with E-state index in [2.05, 4.69) is 15.9 Å². The molecule has 6 nitrogen and oxygen atoms in total. The molecule has 2 aliphatic heterocycles. The molecule has 3 atom stereocenters. The molecule has 7 heteroatoms. The third-order valence-electron chi connectivity index (χ3n) is 8.55. The second-order valence-electron chi connectivity index (χ2n) is 11.6. The third kappa shape index (κ3) is 3.49. The number of hydrogen-bond acceptors (Lipinski definition) is 6. The largest absolute Gasteiger partial charge is 0.497 e. The number of fused-ring (bicyclic) bond motifs is 5. The third-order valence-corrected chi connectivity index (χ3v) is 9.04. The highest BCUT2D eigenvalue weighted by atomic mass is 79.9. The Kier molecular flexibility index (Phi) is 6.07. The van der Waals surface area contributed by atoms with Crippen LogP contribution in [0.4, 0.5) is 5.69 Å². The average molecular weight is 601 g/mol. The van der Waals surface area contributed by atoms with E-state index in [1.807, 2.05) is 62.1 Å². The fourth-order valence-electron chi connectivity index (χ4n) is 6.82. The highest BCUT2D eigenvalue weighted by Crippen LogP contribution is 2.62. The van der Waals surface area contributed by atoms with E-state index in [4.69, 9.17) is 9.47 Å². The minimum Gasteiger partial charge on any atom is -0.497 e. The van der Waals surface area contributed by atoms with E-state index in [9.17, 15) is 14.4 Å². The Balaban J connectivity index is 1.74. The Morgan fingerprint density at radius 2 is 1.60 bits per heavy atom. The monoisotopic (exact) mass is 599 g/mol. The van der Waals surface area contributed by atoms with Gasteiger partial charge in [-0.15, -0.1) is 0 Å². The van der Waals surface area contributed by atoms with Crippen LogP contribution in [0.2, 0.25) is 0 Å². The molecule has 2 heterocycles. The van der Waals surface area contributed by atoms with E-state index < -0.39 is 28.8 Å². The maximum absolute atomic E-state index is 14.7. The van der Waals surface area contributed by atoms with Crippen molar-refractivity contribution in [1.82, 2.24) is 0 Å². The zero-order valence-electron chi connectivity index (χ0n) is 23.0. The number of methoxy groups -OCH3 is 2. The number of rotatable bonds is 4. The van der Waals surface area contributed by atoms with E-state index in [0.717, 1.165) is 15.7 Å². The molecule has 40 heavy (non-hydrogen) atoms. The Morgan fingerprint density at radius 1 is 0.925 bits per heavy atom. The second-order valence-corrected chi connectivity index (χ2v) is 12.5. The molecule has 1 saturated heterocycles. The number of Topliss-reactive ketones (excluding diaryl/α,β-unsaturated/α-hetero) is 3. The van der Waals surface area contributed by atoms with Crippen LogP contribution >= 0.6 is 15.9 Å². The van der Waals surface area contributed by atoms with E-state index in [1.54, 1.807) is 50.6 Å². The summed E-state index contributed by atoms with van der Waals surface area (Å²) in [4.78, 5) is 46.1. The maximum atomic E-state index is 14.7. The van der Waals surface area contributed by atoms with Crippen molar-refractivity contribution in [2.45, 2.75) is 38.8 Å². The van der Waals surface area contributed by atoms with Gasteiger partial charge in [0.1, 0.15) is 16.9 Å². The smallest absolute Gasteiger partial charge is 0.180 e. The first-order valence-electron chi connectivity index (χ1n) is 13.3. The summed E-state index contributed by atoms with van der Waals surface area (Å²) in [6.07, 6.45) is 3.88. The Hall–Kier alpha value is -3.71. The van der Waals surface area contributed by atoms with E-state index in [1.165, 1.54) is 0 Å². The van der Waals surface area contributed by atoms with Gasteiger partial charge in [-0.25, -0.2) is 0 Å². The number of carbonyl (C=O) groups excluding carboxylic acids is 3. The standard InChI is InChI=1S/C33H30BrNO5/c1-32(2,3)31(38)28-27(23-17-20(39-4)12-14-25(23)40-5)33(29(36)21-8-6-7-9-22(21)30(33)37)26-15-10-18-16-19(34)11-13-24(18)35(26)28/h6-17,26-28H,1-5H3/t26-,27+,28-/m0/s1. The van der Waals surface area contributed by atoms with Crippen LogP contribution in [0.15, 0.2) is 71.2 Å². The van der Waals surface area contributed by atoms with Crippen molar-refractivity contribution in [1.29, 1.82) is 0 Å². The first-order valence-corrected chi connectivity index (χ1v) is 14.1. The lowest BCUT2D eigenvalue weighted by Gasteiger charge is -2.38. The Labute approximate surface area is 242 Å². The van der Waals surface area contributed by atoms with Crippen molar-refractivity contribution < 1.29 is 23.9 Å². The van der Waals surface area contributed by atoms with Gasteiger partial charge in [-0.2, -0.15) is 0 Å². The van der Waals surface area contributed by atoms with Crippen LogP contribution in [-0.4, -0.2) is 43.7 Å². The van der Waals surface area contributed by atoms with Crippen molar-refractivity contribution in [3.05, 3.63) is 93.5 Å². The summed E-state index contributed by atoms with van der Waals surface area (Å²) in [6.45, 7) is 5.64. The molecule has 0 radical (unpaired) electrons. The van der Waals surface area contributed by atoms with Crippen molar-refractivity contribution >= 4 is 45.0 Å². The predicted molar refractivity (Wildman–Crippen MR) is 158 cm³/mol. The van der Waals surface area contributed by atoms with Gasteiger partial charge in [-0.05, 0) is 42.0 Å². The highest BCUT2D eigenvalue weighted by Gasteiger charge is 2.72. The second kappa shape index (κ2) is 9.16. The van der Waals surface area contributed by atoms with Gasteiger partial charge in [0.15, 0.2) is 17.3 Å². The van der Waals surface area contributed by atoms with Crippen LogP contribution in [0.5, 0.6) is 11.5 Å². The topological polar surface area (TPSA) is 72.9 Å². The molecule has 6 rings (SSSR count). The summed E-state index contributed by atoms with van der Waals surface area (Å²) in [5.41, 5.74) is 0.728. The fraction of sp³-hybridized carbons (Fsp3) is 0.303. The van der Waals surface area contributed by atoms with Crippen molar-refractivity contribution in [3.8, 4) is 11.5 Å². The number of hydrogen-bond donors (Lipinski definition) is 0. The van der Waals surface area contributed by atoms with Gasteiger partial charge in [-0.3, -0.25) is 14.4 Å². The number of halogens is 1. The number of carbonyl (C=O) groups is 3. The molecule has 0 N–H and O–H groups in total. The van der Waals surface area contributed by atoms with Gasteiger partial charge < -0.3 is 14.4 Å². The average Bonchev–Trinajstić information content (AvgIpc) is 3.37. The lowest BCUT2D eigenvalue weighted by molar-refractivity contribution is -0.127. The molecule has 1 fully saturated rings. The van der Waals surface area contributed by atoms with Gasteiger partial charge in [-0.1, -0.05) is 73.1 Å². The summed E-state index contributed by atoms with van der Waals surface area (Å²) in [5, 5.41) is 0. The molecule has 3 aliphatic rings. The van der Waals surface area contributed by atoms with Crippen LogP contribution < -0.4 is 14.4 Å². The SMILES string of the molecule is COc1ccc(OC)c([C@@H]2[C@@H](C(=O)C(C)(C)C)N3c4ccc(Br)cc4C=C[C@H]3C23C(=O)c2ccccc2C3=O)c1. The molecule has 0 aromatic heterocycles. The van der Waals surface area contributed by atoms with Gasteiger partial charge in [0.05, 0.1) is 26.3 Å². The molecular formula is C33H30BrNO5. The first-order chi connectivity index (χ1) is 19.0. The number of nitrogens with zero attached hydrogens (tertiary/aromatic N) is 1. The van der Waals surface area contributed by atoms with Gasteiger partial charge >= 0.3 is 0 Å². The normalized spacial score (nSPS) is 22.2. The van der Waals surface area contributed by atoms with E-state index >= 15 is 0 Å². The lowest BCUT2D eigenvalue weighted by Crippen LogP contribution is -2.49. The summed E-state index contributed by atoms with van der Waals surface area (Å²) < 4.78 is 12.3. The predicted octanol–water partition coefficient (Wildman–Crippen LogP) is 6.51. The summed E-state index contributed by atoms with van der Waals surface area (Å²) in [5.74, 6) is -0.410. The summed E-state index contributed by atoms with van der Waals surface area (Å²) >= 11 is 3.56. The van der Waals surface area contributed by atoms with Crippen LogP contribution in [0.3, 0.4) is 0 Å². The van der Waals surface area contributed by atoms with Gasteiger partial charge in [0.25, 0.3) is 0 Å². The first kappa shape index (κ1) is 26.5. The zero-order valence-corrected chi connectivity index (χ0v) is 24.6. The van der Waals surface area contributed by atoms with Crippen LogP contribution in [0.25, 0.3) is 6.08 Å². The molecule has 0 bridgehead atoms. The van der Waals surface area contributed by atoms with Crippen molar-refractivity contribution in [2.24, 2.45) is 10.8 Å². The fourth-order valence-corrected chi connectivity index (χ4v) is 7.20. The minimum absolute atomic E-state index is 0.0648. The zero-order chi connectivity index (χ0) is 28.6. The van der Waals surface area contributed by atoms with Crippen molar-refractivity contribution in [2.75, 3.05) is 19.1 Å². The van der Waals surface area contributed by atoms with Gasteiger partial charge in [0, 0.05) is 38.2 Å². The molecule has 204 valence electrons. The van der Waals surface area contributed by atoms with E-state index in [-0.39, 0.29) is 17.3 Å².